The van der Waals surface area contributed by atoms with E-state index in [1.807, 2.05) is 36.4 Å². The summed E-state index contributed by atoms with van der Waals surface area (Å²) in [4.78, 5) is 39.1. The molecule has 4 rings (SSSR count). The molecule has 0 unspecified atom stereocenters. The van der Waals surface area contributed by atoms with Crippen LogP contribution < -0.4 is 10.6 Å². The Morgan fingerprint density at radius 1 is 1.06 bits per heavy atom. The molecule has 0 fully saturated rings. The molecule has 176 valence electrons. The smallest absolute Gasteiger partial charge is 0.413 e. The highest BCUT2D eigenvalue weighted by molar-refractivity contribution is 7.13. The summed E-state index contributed by atoms with van der Waals surface area (Å²) >= 11 is 1.17. The van der Waals surface area contributed by atoms with Crippen LogP contribution in [0, 0.1) is 0 Å². The number of carbonyl (C=O) groups excluding carboxylic acids is 2. The van der Waals surface area contributed by atoms with Crippen LogP contribution in [-0.2, 0) is 20.7 Å². The first kappa shape index (κ1) is 23.4. The van der Waals surface area contributed by atoms with Crippen LogP contribution in [-0.4, -0.2) is 52.4 Å². The molecule has 1 heterocycles. The number of benzene rings is 2. The van der Waals surface area contributed by atoms with E-state index in [1.165, 1.54) is 11.3 Å². The van der Waals surface area contributed by atoms with Crippen molar-refractivity contribution in [3.63, 3.8) is 0 Å². The zero-order valence-electron chi connectivity index (χ0n) is 18.1. The minimum Gasteiger partial charge on any atom is -0.479 e. The van der Waals surface area contributed by atoms with Gasteiger partial charge in [0.1, 0.15) is 6.61 Å². The summed E-state index contributed by atoms with van der Waals surface area (Å²) in [6.07, 6.45) is -2.28. The first-order valence-corrected chi connectivity index (χ1v) is 11.5. The molecule has 0 aliphatic heterocycles. The lowest BCUT2D eigenvalue weighted by Gasteiger charge is -2.14. The number of hydrogen-bond donors (Lipinski definition) is 4. The molecular weight excluding hydrogens is 458 g/mol. The summed E-state index contributed by atoms with van der Waals surface area (Å²) in [6, 6.07) is 16.1. The molecule has 1 aliphatic rings. The van der Waals surface area contributed by atoms with Crippen LogP contribution >= 0.6 is 11.3 Å². The maximum Gasteiger partial charge on any atom is 0.413 e. The van der Waals surface area contributed by atoms with E-state index in [4.69, 9.17) is 9.84 Å². The van der Waals surface area contributed by atoms with Crippen molar-refractivity contribution in [3.8, 4) is 11.1 Å². The average molecular weight is 482 g/mol. The van der Waals surface area contributed by atoms with Gasteiger partial charge in [-0.1, -0.05) is 48.5 Å². The second-order valence-corrected chi connectivity index (χ2v) is 8.62. The van der Waals surface area contributed by atoms with E-state index in [0.717, 1.165) is 22.3 Å². The van der Waals surface area contributed by atoms with Crippen LogP contribution in [0.15, 0.2) is 53.9 Å². The predicted octanol–water partition coefficient (Wildman–Crippen LogP) is 3.00. The van der Waals surface area contributed by atoms with E-state index in [-0.39, 0.29) is 37.8 Å². The fourth-order valence-corrected chi connectivity index (χ4v) is 4.56. The first-order chi connectivity index (χ1) is 16.4. The molecule has 0 saturated carbocycles. The number of thiazole rings is 1. The Morgan fingerprint density at radius 3 is 2.35 bits per heavy atom. The van der Waals surface area contributed by atoms with Crippen molar-refractivity contribution in [2.24, 2.45) is 0 Å². The van der Waals surface area contributed by atoms with Gasteiger partial charge in [-0.05, 0) is 22.3 Å². The van der Waals surface area contributed by atoms with E-state index in [9.17, 15) is 19.5 Å². The largest absolute Gasteiger partial charge is 0.479 e. The molecule has 0 bridgehead atoms. The number of aliphatic hydroxyl groups is 1. The number of carboxylic acid groups (broad SMARTS) is 1. The minimum atomic E-state index is -1.52. The Hall–Kier alpha value is -3.76. The van der Waals surface area contributed by atoms with E-state index < -0.39 is 18.2 Å². The van der Waals surface area contributed by atoms with Gasteiger partial charge in [0, 0.05) is 24.3 Å². The van der Waals surface area contributed by atoms with Crippen molar-refractivity contribution >= 4 is 34.4 Å². The molecule has 4 N–H and O–H groups in total. The first-order valence-electron chi connectivity index (χ1n) is 10.7. The van der Waals surface area contributed by atoms with Gasteiger partial charge < -0.3 is 20.3 Å². The zero-order valence-corrected chi connectivity index (χ0v) is 18.9. The highest BCUT2D eigenvalue weighted by Crippen LogP contribution is 2.44. The van der Waals surface area contributed by atoms with E-state index in [0.29, 0.717) is 10.8 Å². The molecule has 0 saturated heterocycles. The molecule has 10 heteroatoms. The number of anilines is 1. The lowest BCUT2D eigenvalue weighted by atomic mass is 9.98. The molecular formula is C24H23N3O6S. The van der Waals surface area contributed by atoms with Crippen LogP contribution in [0.5, 0.6) is 0 Å². The molecule has 0 spiro atoms. The van der Waals surface area contributed by atoms with Crippen LogP contribution in [0.4, 0.5) is 9.93 Å². The van der Waals surface area contributed by atoms with E-state index >= 15 is 0 Å². The van der Waals surface area contributed by atoms with Crippen molar-refractivity contribution < 1.29 is 29.3 Å². The Bertz CT molecular complexity index is 1170. The highest BCUT2D eigenvalue weighted by atomic mass is 32.1. The monoisotopic (exact) mass is 481 g/mol. The number of carboxylic acids is 1. The SMILES string of the molecule is O=C(Cc1csc(NC(=O)OCC2c3ccccc3-c3ccccc32)n1)NCC[C@H](O)C(=O)O. The lowest BCUT2D eigenvalue weighted by Crippen LogP contribution is -2.31. The molecule has 2 amide bonds. The van der Waals surface area contributed by atoms with Crippen molar-refractivity contribution in [2.75, 3.05) is 18.5 Å². The predicted molar refractivity (Wildman–Crippen MR) is 126 cm³/mol. The third kappa shape index (κ3) is 5.41. The van der Waals surface area contributed by atoms with Crippen LogP contribution in [0.2, 0.25) is 0 Å². The Morgan fingerprint density at radius 2 is 1.71 bits per heavy atom. The number of nitrogens with one attached hydrogen (secondary N) is 2. The molecule has 0 radical (unpaired) electrons. The van der Waals surface area contributed by atoms with Crippen molar-refractivity contribution in [2.45, 2.75) is 24.9 Å². The second-order valence-electron chi connectivity index (χ2n) is 7.76. The van der Waals surface area contributed by atoms with Crippen molar-refractivity contribution in [3.05, 3.63) is 70.7 Å². The molecule has 1 atom stereocenters. The second kappa shape index (κ2) is 10.4. The number of rotatable bonds is 9. The van der Waals surface area contributed by atoms with Crippen molar-refractivity contribution in [1.29, 1.82) is 0 Å². The van der Waals surface area contributed by atoms with Gasteiger partial charge >= 0.3 is 12.1 Å². The fourth-order valence-electron chi connectivity index (χ4n) is 3.87. The summed E-state index contributed by atoms with van der Waals surface area (Å²) in [5.41, 5.74) is 4.99. The summed E-state index contributed by atoms with van der Waals surface area (Å²) < 4.78 is 5.49. The third-order valence-electron chi connectivity index (χ3n) is 5.47. The summed E-state index contributed by atoms with van der Waals surface area (Å²) in [7, 11) is 0. The topological polar surface area (TPSA) is 138 Å². The molecule has 1 aliphatic carbocycles. The summed E-state index contributed by atoms with van der Waals surface area (Å²) in [5.74, 6) is -1.75. The van der Waals surface area contributed by atoms with Gasteiger partial charge in [0.05, 0.1) is 12.1 Å². The van der Waals surface area contributed by atoms with Gasteiger partial charge in [-0.3, -0.25) is 10.1 Å². The number of amides is 2. The van der Waals surface area contributed by atoms with E-state index in [2.05, 4.69) is 27.8 Å². The van der Waals surface area contributed by atoms with Crippen LogP contribution in [0.3, 0.4) is 0 Å². The molecule has 34 heavy (non-hydrogen) atoms. The third-order valence-corrected chi connectivity index (χ3v) is 6.28. The van der Waals surface area contributed by atoms with Gasteiger partial charge in [-0.15, -0.1) is 11.3 Å². The highest BCUT2D eigenvalue weighted by Gasteiger charge is 2.29. The molecule has 3 aromatic rings. The Labute approximate surface area is 199 Å². The standard InChI is InChI=1S/C24H23N3O6S/c28-20(22(30)31)9-10-25-21(29)11-14-13-34-23(26-14)27-24(32)33-12-19-17-7-3-1-5-15(17)16-6-2-4-8-18(16)19/h1-8,13,19-20,28H,9-12H2,(H,25,29)(H,30,31)(H,26,27,32)/t20-/m0/s1. The Kier molecular flexibility index (Phi) is 7.19. The molecule has 2 aromatic carbocycles. The number of carbonyl (C=O) groups is 3. The number of fused-ring (bicyclic) bond motifs is 3. The molecule has 9 nitrogen and oxygen atoms in total. The van der Waals surface area contributed by atoms with Crippen LogP contribution in [0.25, 0.3) is 11.1 Å². The van der Waals surface area contributed by atoms with Gasteiger partial charge in [0.15, 0.2) is 11.2 Å². The van der Waals surface area contributed by atoms with Crippen molar-refractivity contribution in [1.82, 2.24) is 10.3 Å². The number of aromatic nitrogens is 1. The number of hydrogen-bond acceptors (Lipinski definition) is 7. The normalized spacial score (nSPS) is 13.0. The number of aliphatic hydroxyl groups excluding tert-OH is 1. The maximum absolute atomic E-state index is 12.4. The van der Waals surface area contributed by atoms with Gasteiger partial charge in [0.2, 0.25) is 5.91 Å². The molecule has 1 aromatic heterocycles. The van der Waals surface area contributed by atoms with E-state index in [1.54, 1.807) is 5.38 Å². The quantitative estimate of drug-likeness (QED) is 0.369. The maximum atomic E-state index is 12.4. The number of ether oxygens (including phenoxy) is 1. The van der Waals surface area contributed by atoms with Crippen LogP contribution in [0.1, 0.15) is 29.2 Å². The number of aliphatic carboxylic acids is 1. The number of nitrogens with zero attached hydrogens (tertiary/aromatic N) is 1. The zero-order chi connectivity index (χ0) is 24.1. The minimum absolute atomic E-state index is 0.0291. The lowest BCUT2D eigenvalue weighted by molar-refractivity contribution is -0.147. The van der Waals surface area contributed by atoms with Gasteiger partial charge in [-0.2, -0.15) is 0 Å². The fraction of sp³-hybridized carbons (Fsp3) is 0.250. The van der Waals surface area contributed by atoms with Gasteiger partial charge in [-0.25, -0.2) is 14.6 Å². The Balaban J connectivity index is 1.27. The van der Waals surface area contributed by atoms with Gasteiger partial charge in [0.25, 0.3) is 0 Å². The summed E-state index contributed by atoms with van der Waals surface area (Å²) in [6.45, 7) is 0.212. The average Bonchev–Trinajstić information content (AvgIpc) is 3.39. The summed E-state index contributed by atoms with van der Waals surface area (Å²) in [5, 5.41) is 24.9.